The van der Waals surface area contributed by atoms with Gasteiger partial charge in [-0.05, 0) is 63.8 Å². The number of benzene rings is 1. The van der Waals surface area contributed by atoms with Crippen molar-refractivity contribution in [1.29, 1.82) is 0 Å². The molecule has 14 heteroatoms. The highest BCUT2D eigenvalue weighted by atomic mass is 32.2. The highest BCUT2D eigenvalue weighted by molar-refractivity contribution is 7.91. The van der Waals surface area contributed by atoms with Gasteiger partial charge in [-0.25, -0.2) is 13.2 Å². The molecule has 0 spiro atoms. The fraction of sp³-hybridized carbons (Fsp3) is 0.538. The van der Waals surface area contributed by atoms with Crippen molar-refractivity contribution in [2.75, 3.05) is 31.1 Å². The van der Waals surface area contributed by atoms with E-state index < -0.39 is 39.4 Å². The summed E-state index contributed by atoms with van der Waals surface area (Å²) in [5.74, 6) is -0.364. The van der Waals surface area contributed by atoms with Gasteiger partial charge in [0.25, 0.3) is 15.9 Å². The maximum atomic E-state index is 13.4. The van der Waals surface area contributed by atoms with Crippen molar-refractivity contribution in [2.45, 2.75) is 68.2 Å². The van der Waals surface area contributed by atoms with Crippen LogP contribution in [0.4, 0.5) is 23.7 Å². The number of nitrogens with zero attached hydrogens (tertiary/aromatic N) is 4. The Morgan fingerprint density at radius 3 is 2.23 bits per heavy atom. The number of carbonyl (C=O) groups is 2. The summed E-state index contributed by atoms with van der Waals surface area (Å²) in [7, 11) is -3.82. The number of thiophene rings is 1. The lowest BCUT2D eigenvalue weighted by molar-refractivity contribution is -0.258. The zero-order chi connectivity index (χ0) is 29.8. The first-order chi connectivity index (χ1) is 18.4. The van der Waals surface area contributed by atoms with E-state index in [2.05, 4.69) is 0 Å². The van der Waals surface area contributed by atoms with Gasteiger partial charge in [0.05, 0.1) is 6.04 Å². The normalized spacial score (nSPS) is 22.4. The van der Waals surface area contributed by atoms with Crippen LogP contribution in [-0.4, -0.2) is 89.5 Å². The van der Waals surface area contributed by atoms with Gasteiger partial charge < -0.3 is 14.9 Å². The SMILES string of the molecule is CC(C)N1C(=O)N(CC2CN(S(=O)(=O)c3cccs3)CCN2c2ccc(C(C)(O)C(F)(F)F)cc2)C(C)(C)C1=O. The third kappa shape index (κ3) is 5.10. The van der Waals surface area contributed by atoms with Gasteiger partial charge in [0.2, 0.25) is 0 Å². The fourth-order valence-corrected chi connectivity index (χ4v) is 7.67. The van der Waals surface area contributed by atoms with E-state index in [0.29, 0.717) is 12.6 Å². The molecule has 3 heterocycles. The lowest BCUT2D eigenvalue weighted by Gasteiger charge is -2.44. The zero-order valence-electron chi connectivity index (χ0n) is 22.8. The van der Waals surface area contributed by atoms with Crippen LogP contribution in [0, 0.1) is 0 Å². The molecule has 1 N–H and O–H groups in total. The number of hydrogen-bond acceptors (Lipinski definition) is 7. The first-order valence-corrected chi connectivity index (χ1v) is 15.1. The van der Waals surface area contributed by atoms with Crippen LogP contribution in [0.1, 0.15) is 40.2 Å². The van der Waals surface area contributed by atoms with Crippen LogP contribution in [0.5, 0.6) is 0 Å². The van der Waals surface area contributed by atoms with Crippen molar-refractivity contribution < 1.29 is 36.3 Å². The Balaban J connectivity index is 1.69. The molecule has 2 aliphatic heterocycles. The number of amides is 3. The van der Waals surface area contributed by atoms with Crippen molar-refractivity contribution >= 4 is 39.0 Å². The summed E-state index contributed by atoms with van der Waals surface area (Å²) in [6.07, 6.45) is -4.88. The van der Waals surface area contributed by atoms with Crippen LogP contribution in [0.15, 0.2) is 46.0 Å². The minimum Gasteiger partial charge on any atom is -0.376 e. The van der Waals surface area contributed by atoms with Gasteiger partial charge in [0.1, 0.15) is 9.75 Å². The molecule has 220 valence electrons. The van der Waals surface area contributed by atoms with Gasteiger partial charge in [-0.15, -0.1) is 11.3 Å². The van der Waals surface area contributed by atoms with Crippen LogP contribution in [0.3, 0.4) is 0 Å². The van der Waals surface area contributed by atoms with Crippen LogP contribution < -0.4 is 4.90 Å². The minimum absolute atomic E-state index is 0.000723. The second-order valence-electron chi connectivity index (χ2n) is 11.0. The Hall–Kier alpha value is -2.68. The first kappa shape index (κ1) is 30.3. The second-order valence-corrected chi connectivity index (χ2v) is 14.1. The number of urea groups is 1. The molecular formula is C26H33F3N4O5S2. The number of imide groups is 1. The molecule has 2 unspecified atom stereocenters. The second kappa shape index (κ2) is 10.3. The molecule has 2 aromatic rings. The number of halogens is 3. The highest BCUT2D eigenvalue weighted by Gasteiger charge is 2.54. The summed E-state index contributed by atoms with van der Waals surface area (Å²) in [5.41, 5.74) is -4.08. The zero-order valence-corrected chi connectivity index (χ0v) is 24.5. The van der Waals surface area contributed by atoms with E-state index in [1.807, 2.05) is 4.90 Å². The third-order valence-corrected chi connectivity index (χ3v) is 10.8. The van der Waals surface area contributed by atoms with Crippen molar-refractivity contribution in [3.05, 3.63) is 47.3 Å². The van der Waals surface area contributed by atoms with Crippen molar-refractivity contribution in [1.82, 2.24) is 14.1 Å². The molecule has 0 bridgehead atoms. The topological polar surface area (TPSA) is 101 Å². The number of rotatable bonds is 7. The summed E-state index contributed by atoms with van der Waals surface area (Å²) >= 11 is 1.09. The molecule has 40 heavy (non-hydrogen) atoms. The van der Waals surface area contributed by atoms with Crippen molar-refractivity contribution in [3.8, 4) is 0 Å². The lowest BCUT2D eigenvalue weighted by Crippen LogP contribution is -2.60. The first-order valence-electron chi connectivity index (χ1n) is 12.8. The van der Waals surface area contributed by atoms with Crippen molar-refractivity contribution in [2.24, 2.45) is 0 Å². The van der Waals surface area contributed by atoms with E-state index in [0.717, 1.165) is 11.3 Å². The molecule has 9 nitrogen and oxygen atoms in total. The predicted octanol–water partition coefficient (Wildman–Crippen LogP) is 3.85. The molecule has 1 aromatic carbocycles. The molecule has 0 radical (unpaired) electrons. The number of alkyl halides is 3. The van der Waals surface area contributed by atoms with Gasteiger partial charge in [0.15, 0.2) is 5.60 Å². The van der Waals surface area contributed by atoms with Gasteiger partial charge in [-0.1, -0.05) is 18.2 Å². The highest BCUT2D eigenvalue weighted by Crippen LogP contribution is 2.39. The average molecular weight is 603 g/mol. The number of sulfonamides is 1. The number of aliphatic hydroxyl groups is 1. The Morgan fingerprint density at radius 2 is 1.73 bits per heavy atom. The quantitative estimate of drug-likeness (QED) is 0.484. The van der Waals surface area contributed by atoms with Gasteiger partial charge in [0, 0.05) is 37.9 Å². The maximum Gasteiger partial charge on any atom is 0.421 e. The maximum absolute atomic E-state index is 13.4. The van der Waals surface area contributed by atoms with Gasteiger partial charge in [-0.2, -0.15) is 17.5 Å². The minimum atomic E-state index is -4.88. The molecular weight excluding hydrogens is 569 g/mol. The number of piperazine rings is 1. The fourth-order valence-electron chi connectivity index (χ4n) is 5.06. The number of hydrogen-bond donors (Lipinski definition) is 1. The lowest BCUT2D eigenvalue weighted by atomic mass is 9.95. The summed E-state index contributed by atoms with van der Waals surface area (Å²) in [6, 6.07) is 6.91. The van der Waals surface area contributed by atoms with E-state index >= 15 is 0 Å². The van der Waals surface area contributed by atoms with E-state index in [1.54, 1.807) is 39.1 Å². The number of carbonyl (C=O) groups excluding carboxylic acids is 2. The van der Waals surface area contributed by atoms with E-state index in [9.17, 15) is 36.3 Å². The Bertz CT molecular complexity index is 1360. The molecule has 1 aromatic heterocycles. The van der Waals surface area contributed by atoms with E-state index in [4.69, 9.17) is 0 Å². The Labute approximate surface area is 235 Å². The molecule has 4 rings (SSSR count). The summed E-state index contributed by atoms with van der Waals surface area (Å²) in [4.78, 5) is 30.9. The summed E-state index contributed by atoms with van der Waals surface area (Å²) in [6.45, 7) is 7.69. The predicted molar refractivity (Wildman–Crippen MR) is 144 cm³/mol. The van der Waals surface area contributed by atoms with Gasteiger partial charge in [-0.3, -0.25) is 9.69 Å². The number of anilines is 1. The monoisotopic (exact) mass is 602 g/mol. The van der Waals surface area contributed by atoms with Gasteiger partial charge >= 0.3 is 12.2 Å². The molecule has 2 fully saturated rings. The van der Waals surface area contributed by atoms with Crippen LogP contribution in [0.25, 0.3) is 0 Å². The smallest absolute Gasteiger partial charge is 0.376 e. The molecule has 2 saturated heterocycles. The summed E-state index contributed by atoms with van der Waals surface area (Å²) < 4.78 is 68.3. The van der Waals surface area contributed by atoms with Crippen molar-refractivity contribution in [3.63, 3.8) is 0 Å². The van der Waals surface area contributed by atoms with Crippen LogP contribution in [-0.2, 0) is 20.4 Å². The Morgan fingerprint density at radius 1 is 1.10 bits per heavy atom. The molecule has 2 atom stereocenters. The molecule has 2 aliphatic rings. The average Bonchev–Trinajstić information content (AvgIpc) is 3.47. The molecule has 3 amide bonds. The van der Waals surface area contributed by atoms with E-state index in [1.165, 1.54) is 44.4 Å². The summed E-state index contributed by atoms with van der Waals surface area (Å²) in [5, 5.41) is 11.7. The molecule has 0 aliphatic carbocycles. The largest absolute Gasteiger partial charge is 0.421 e. The van der Waals surface area contributed by atoms with Crippen LogP contribution in [0.2, 0.25) is 0 Å². The standard InChI is InChI=1S/C26H33F3N4O5S2/c1-17(2)33-22(34)24(3,4)32(23(33)35)16-20-15-30(40(37,38)21-7-6-14-39-21)12-13-31(20)19-10-8-18(9-11-19)25(5,36)26(27,28)29/h6-11,14,17,20,36H,12-13,15-16H2,1-5H3. The van der Waals surface area contributed by atoms with Crippen LogP contribution >= 0.6 is 11.3 Å². The molecule has 0 saturated carbocycles. The Kier molecular flexibility index (Phi) is 7.80. The van der Waals surface area contributed by atoms with E-state index in [-0.39, 0.29) is 47.9 Å². The third-order valence-electron chi connectivity index (χ3n) is 7.61.